The standard InChI is InChI=1S/C27H31FN4O2/c28-22-11-5-4-10-21(22)26-25(30-18-32(26)23-12-6-7-13-24(23)33)27(34)31-15-14-29-17-20(31)16-19-8-2-1-3-9-19/h1-5,8-11,18,20,23-24,29,33H,6-7,12-17H2/t20-,23+,24-/m1/s1. The van der Waals surface area contributed by atoms with Gasteiger partial charge in [0.15, 0.2) is 5.69 Å². The quantitative estimate of drug-likeness (QED) is 0.605. The Morgan fingerprint density at radius 3 is 2.65 bits per heavy atom. The molecule has 0 spiro atoms. The summed E-state index contributed by atoms with van der Waals surface area (Å²) in [6, 6.07) is 16.4. The number of hydrogen-bond donors (Lipinski definition) is 2. The van der Waals surface area contributed by atoms with Crippen LogP contribution < -0.4 is 5.32 Å². The Balaban J connectivity index is 1.53. The van der Waals surface area contributed by atoms with Gasteiger partial charge in [-0.25, -0.2) is 9.37 Å². The lowest BCUT2D eigenvalue weighted by Crippen LogP contribution is -2.54. The maximum Gasteiger partial charge on any atom is 0.275 e. The van der Waals surface area contributed by atoms with Crippen molar-refractivity contribution in [2.75, 3.05) is 19.6 Å². The van der Waals surface area contributed by atoms with Crippen LogP contribution in [0.5, 0.6) is 0 Å². The first kappa shape index (κ1) is 22.7. The molecule has 0 radical (unpaired) electrons. The van der Waals surface area contributed by atoms with Crippen LogP contribution in [0.4, 0.5) is 4.39 Å². The van der Waals surface area contributed by atoms with Crippen LogP contribution in [0.25, 0.3) is 11.3 Å². The van der Waals surface area contributed by atoms with Crippen molar-refractivity contribution in [3.8, 4) is 11.3 Å². The minimum Gasteiger partial charge on any atom is -0.391 e. The molecule has 1 aliphatic carbocycles. The van der Waals surface area contributed by atoms with Gasteiger partial charge >= 0.3 is 0 Å². The highest BCUT2D eigenvalue weighted by atomic mass is 19.1. The number of amides is 1. The molecule has 1 aliphatic heterocycles. The highest BCUT2D eigenvalue weighted by molar-refractivity contribution is 5.98. The van der Waals surface area contributed by atoms with Crippen molar-refractivity contribution in [1.82, 2.24) is 19.8 Å². The molecule has 6 nitrogen and oxygen atoms in total. The molecule has 34 heavy (non-hydrogen) atoms. The fourth-order valence-electron chi connectivity index (χ4n) is 5.34. The minimum absolute atomic E-state index is 0.0254. The van der Waals surface area contributed by atoms with Crippen molar-refractivity contribution >= 4 is 5.91 Å². The van der Waals surface area contributed by atoms with Crippen molar-refractivity contribution < 1.29 is 14.3 Å². The van der Waals surface area contributed by atoms with Gasteiger partial charge in [-0.2, -0.15) is 0 Å². The number of rotatable bonds is 5. The Labute approximate surface area is 199 Å². The van der Waals surface area contributed by atoms with Gasteiger partial charge in [0.25, 0.3) is 5.91 Å². The van der Waals surface area contributed by atoms with Gasteiger partial charge in [-0.1, -0.05) is 55.3 Å². The summed E-state index contributed by atoms with van der Waals surface area (Å²) in [5.41, 5.74) is 2.23. The molecule has 3 aromatic rings. The van der Waals surface area contributed by atoms with Crippen LogP contribution in [0, 0.1) is 5.82 Å². The van der Waals surface area contributed by atoms with Gasteiger partial charge in [0.1, 0.15) is 5.82 Å². The lowest BCUT2D eigenvalue weighted by Gasteiger charge is -2.36. The van der Waals surface area contributed by atoms with Crippen molar-refractivity contribution in [2.45, 2.75) is 50.3 Å². The molecular formula is C27H31FN4O2. The van der Waals surface area contributed by atoms with Gasteiger partial charge in [-0.05, 0) is 37.0 Å². The first-order valence-corrected chi connectivity index (χ1v) is 12.2. The fraction of sp³-hybridized carbons (Fsp3) is 0.407. The zero-order valence-electron chi connectivity index (χ0n) is 19.2. The molecule has 178 valence electrons. The van der Waals surface area contributed by atoms with E-state index in [0.717, 1.165) is 25.7 Å². The Morgan fingerprint density at radius 1 is 1.09 bits per heavy atom. The first-order valence-electron chi connectivity index (χ1n) is 12.2. The van der Waals surface area contributed by atoms with Gasteiger partial charge in [0.2, 0.25) is 0 Å². The predicted octanol–water partition coefficient (Wildman–Crippen LogP) is 3.82. The van der Waals surface area contributed by atoms with E-state index < -0.39 is 11.9 Å². The third-order valence-corrected chi connectivity index (χ3v) is 7.10. The summed E-state index contributed by atoms with van der Waals surface area (Å²) in [7, 11) is 0. The van der Waals surface area contributed by atoms with Crippen molar-refractivity contribution in [2.24, 2.45) is 0 Å². The summed E-state index contributed by atoms with van der Waals surface area (Å²) in [5.74, 6) is -0.588. The van der Waals surface area contributed by atoms with Crippen molar-refractivity contribution in [3.63, 3.8) is 0 Å². The monoisotopic (exact) mass is 462 g/mol. The number of aliphatic hydroxyl groups excluding tert-OH is 1. The SMILES string of the molecule is O=C(c1ncn([C@H]2CCCC[C@H]2O)c1-c1ccccc1F)N1CCNC[C@H]1Cc1ccccc1. The van der Waals surface area contributed by atoms with E-state index in [9.17, 15) is 9.90 Å². The zero-order chi connectivity index (χ0) is 23.5. The second kappa shape index (κ2) is 10.1. The third-order valence-electron chi connectivity index (χ3n) is 7.10. The van der Waals surface area contributed by atoms with Crippen molar-refractivity contribution in [1.29, 1.82) is 0 Å². The Kier molecular flexibility index (Phi) is 6.74. The van der Waals surface area contributed by atoms with Crippen LogP contribution in [0.15, 0.2) is 60.9 Å². The fourth-order valence-corrected chi connectivity index (χ4v) is 5.34. The average Bonchev–Trinajstić information content (AvgIpc) is 3.30. The number of carbonyl (C=O) groups excluding carboxylic acids is 1. The summed E-state index contributed by atoms with van der Waals surface area (Å²) < 4.78 is 16.8. The summed E-state index contributed by atoms with van der Waals surface area (Å²) in [4.78, 5) is 20.3. The lowest BCUT2D eigenvalue weighted by molar-refractivity contribution is 0.0629. The molecule has 1 saturated heterocycles. The molecule has 5 rings (SSSR count). The third kappa shape index (κ3) is 4.50. The molecule has 7 heteroatoms. The molecule has 2 aromatic carbocycles. The van der Waals surface area contributed by atoms with E-state index >= 15 is 4.39 Å². The number of piperazine rings is 1. The van der Waals surface area contributed by atoms with Crippen molar-refractivity contribution in [3.05, 3.63) is 78.0 Å². The van der Waals surface area contributed by atoms with Gasteiger partial charge in [0, 0.05) is 31.2 Å². The minimum atomic E-state index is -0.540. The van der Waals surface area contributed by atoms with E-state index in [4.69, 9.17) is 0 Å². The number of benzene rings is 2. The van der Waals surface area contributed by atoms with Gasteiger partial charge in [-0.15, -0.1) is 0 Å². The van der Waals surface area contributed by atoms with Gasteiger partial charge in [0.05, 0.1) is 24.2 Å². The van der Waals surface area contributed by atoms with Crippen LogP contribution in [-0.2, 0) is 6.42 Å². The summed E-state index contributed by atoms with van der Waals surface area (Å²) in [6.45, 7) is 1.96. The van der Waals surface area contributed by atoms with E-state index in [1.165, 1.54) is 11.6 Å². The molecule has 2 fully saturated rings. The van der Waals surface area contributed by atoms with Crippen LogP contribution in [-0.4, -0.2) is 57.2 Å². The van der Waals surface area contributed by atoms with E-state index in [2.05, 4.69) is 22.4 Å². The maximum atomic E-state index is 15.0. The molecule has 1 amide bonds. The van der Waals surface area contributed by atoms with E-state index in [1.807, 2.05) is 27.7 Å². The van der Waals surface area contributed by atoms with Gasteiger partial charge in [-0.3, -0.25) is 4.79 Å². The molecule has 1 saturated carbocycles. The molecule has 2 aliphatic rings. The number of aromatic nitrogens is 2. The number of halogens is 1. The molecule has 2 heterocycles. The van der Waals surface area contributed by atoms with E-state index in [1.54, 1.807) is 24.5 Å². The Morgan fingerprint density at radius 2 is 1.85 bits per heavy atom. The lowest BCUT2D eigenvalue weighted by atomic mass is 9.92. The number of nitrogens with zero attached hydrogens (tertiary/aromatic N) is 3. The second-order valence-corrected chi connectivity index (χ2v) is 9.29. The number of aliphatic hydroxyl groups is 1. The van der Waals surface area contributed by atoms with Crippen LogP contribution in [0.1, 0.15) is 47.8 Å². The summed E-state index contributed by atoms with van der Waals surface area (Å²) in [6.07, 6.45) is 5.23. The van der Waals surface area contributed by atoms with Crippen LogP contribution >= 0.6 is 0 Å². The highest BCUT2D eigenvalue weighted by Gasteiger charge is 2.34. The van der Waals surface area contributed by atoms with Crippen LogP contribution in [0.3, 0.4) is 0 Å². The van der Waals surface area contributed by atoms with Gasteiger partial charge < -0.3 is 19.9 Å². The number of imidazole rings is 1. The largest absolute Gasteiger partial charge is 0.391 e. The Bertz CT molecular complexity index is 1130. The average molecular weight is 463 g/mol. The summed E-state index contributed by atoms with van der Waals surface area (Å²) >= 11 is 0. The number of nitrogens with one attached hydrogen (secondary N) is 1. The Hall–Kier alpha value is -3.03. The summed E-state index contributed by atoms with van der Waals surface area (Å²) in [5, 5.41) is 14.1. The normalized spacial score (nSPS) is 23.1. The molecule has 0 bridgehead atoms. The highest BCUT2D eigenvalue weighted by Crippen LogP contribution is 2.36. The molecule has 3 atom stereocenters. The molecule has 1 aromatic heterocycles. The molecular weight excluding hydrogens is 431 g/mol. The number of hydrogen-bond acceptors (Lipinski definition) is 4. The predicted molar refractivity (Wildman–Crippen MR) is 129 cm³/mol. The maximum absolute atomic E-state index is 15.0. The zero-order valence-corrected chi connectivity index (χ0v) is 19.2. The second-order valence-electron chi connectivity index (χ2n) is 9.29. The van der Waals surface area contributed by atoms with Crippen LogP contribution in [0.2, 0.25) is 0 Å². The first-order chi connectivity index (χ1) is 16.6. The molecule has 2 N–H and O–H groups in total. The number of carbonyl (C=O) groups is 1. The van der Waals surface area contributed by atoms with E-state index in [0.29, 0.717) is 37.3 Å². The molecule has 0 unspecified atom stereocenters. The smallest absolute Gasteiger partial charge is 0.275 e. The van der Waals surface area contributed by atoms with E-state index in [-0.39, 0.29) is 23.7 Å². The topological polar surface area (TPSA) is 70.4 Å².